The number of aliphatic hydroxyl groups is 1. The normalized spacial score (nSPS) is 13.1. The molecule has 0 aliphatic carbocycles. The van der Waals surface area contributed by atoms with Crippen LogP contribution in [0.5, 0.6) is 5.75 Å². The summed E-state index contributed by atoms with van der Waals surface area (Å²) in [6.45, 7) is 5.86. The van der Waals surface area contributed by atoms with Crippen LogP contribution in [0.25, 0.3) is 16.9 Å². The lowest BCUT2D eigenvalue weighted by molar-refractivity contribution is 0.0938. The maximum Gasteiger partial charge on any atom is 0.251 e. The zero-order chi connectivity index (χ0) is 25.8. The van der Waals surface area contributed by atoms with Gasteiger partial charge in [-0.15, -0.1) is 0 Å². The average Bonchev–Trinajstić information content (AvgIpc) is 3.29. The number of amides is 1. The Balaban J connectivity index is 1.44. The summed E-state index contributed by atoms with van der Waals surface area (Å²) in [5, 5.41) is 13.4. The van der Waals surface area contributed by atoms with Gasteiger partial charge in [-0.05, 0) is 57.0 Å². The summed E-state index contributed by atoms with van der Waals surface area (Å²) in [7, 11) is 0. The number of nitrogens with two attached hydrogens (primary N) is 1. The van der Waals surface area contributed by atoms with Crippen molar-refractivity contribution >= 4 is 23.2 Å². The largest absolute Gasteiger partial charge is 0.489 e. The number of aliphatic hydroxyl groups excluding tert-OH is 1. The predicted molar refractivity (Wildman–Crippen MR) is 142 cm³/mol. The van der Waals surface area contributed by atoms with E-state index in [0.29, 0.717) is 29.3 Å². The van der Waals surface area contributed by atoms with Crippen molar-refractivity contribution in [2.45, 2.75) is 45.4 Å². The Morgan fingerprint density at radius 1 is 1.17 bits per heavy atom. The molecule has 4 aromatic rings. The summed E-state index contributed by atoms with van der Waals surface area (Å²) in [6, 6.07) is 16.6. The number of carbonyl (C=O) groups excluding carboxylic acids is 1. The van der Waals surface area contributed by atoms with Crippen LogP contribution >= 0.6 is 11.6 Å². The number of carbonyl (C=O) groups is 1. The number of nitrogens with zero attached hydrogens (tertiary/aromatic N) is 2. The molecule has 2 aromatic heterocycles. The Morgan fingerprint density at radius 2 is 1.92 bits per heavy atom. The molecule has 0 unspecified atom stereocenters. The second-order valence-electron chi connectivity index (χ2n) is 9.12. The molecular weight excluding hydrogens is 476 g/mol. The monoisotopic (exact) mass is 506 g/mol. The lowest BCUT2D eigenvalue weighted by atomic mass is 10.0. The third-order valence-corrected chi connectivity index (χ3v) is 6.17. The molecule has 4 rings (SSSR count). The Morgan fingerprint density at radius 3 is 2.56 bits per heavy atom. The van der Waals surface area contributed by atoms with Crippen molar-refractivity contribution in [1.29, 1.82) is 0 Å². The molecule has 0 fully saturated rings. The fraction of sp³-hybridized carbons (Fsp3) is 0.286. The van der Waals surface area contributed by atoms with E-state index in [1.807, 2.05) is 67.0 Å². The summed E-state index contributed by atoms with van der Waals surface area (Å²) in [4.78, 5) is 17.5. The van der Waals surface area contributed by atoms with Gasteiger partial charge in [0.2, 0.25) is 0 Å². The Hall–Kier alpha value is -3.39. The van der Waals surface area contributed by atoms with Crippen molar-refractivity contribution in [1.82, 2.24) is 14.7 Å². The smallest absolute Gasteiger partial charge is 0.251 e. The number of ether oxygens (including phenoxy) is 1. The van der Waals surface area contributed by atoms with Gasteiger partial charge in [0.05, 0.1) is 22.9 Å². The Kier molecular flexibility index (Phi) is 7.94. The molecule has 0 spiro atoms. The number of hydrogen-bond donors (Lipinski definition) is 3. The minimum atomic E-state index is -0.600. The third-order valence-electron chi connectivity index (χ3n) is 5.87. The number of imidazole rings is 1. The highest BCUT2D eigenvalue weighted by atomic mass is 35.5. The predicted octanol–water partition coefficient (Wildman–Crippen LogP) is 4.80. The first-order chi connectivity index (χ1) is 17.2. The number of halogens is 1. The van der Waals surface area contributed by atoms with E-state index in [-0.39, 0.29) is 18.1 Å². The van der Waals surface area contributed by atoms with Gasteiger partial charge in [-0.25, -0.2) is 4.98 Å². The summed E-state index contributed by atoms with van der Waals surface area (Å²) < 4.78 is 7.55. The molecule has 1 amide bonds. The van der Waals surface area contributed by atoms with Gasteiger partial charge < -0.3 is 25.3 Å². The van der Waals surface area contributed by atoms with Crippen LogP contribution in [0.1, 0.15) is 48.4 Å². The van der Waals surface area contributed by atoms with Crippen LogP contribution in [0.4, 0.5) is 0 Å². The number of nitrogens with one attached hydrogen (secondary N) is 1. The number of aromatic nitrogens is 2. The summed E-state index contributed by atoms with van der Waals surface area (Å²) in [5.41, 5.74) is 10.8. The van der Waals surface area contributed by atoms with Crippen LogP contribution in [-0.4, -0.2) is 39.1 Å². The van der Waals surface area contributed by atoms with Crippen molar-refractivity contribution < 1.29 is 14.6 Å². The number of pyridine rings is 1. The van der Waals surface area contributed by atoms with Gasteiger partial charge in [-0.1, -0.05) is 41.9 Å². The van der Waals surface area contributed by atoms with Crippen LogP contribution in [-0.2, 0) is 6.42 Å². The molecule has 0 radical (unpaired) electrons. The Labute approximate surface area is 215 Å². The van der Waals surface area contributed by atoms with E-state index < -0.39 is 6.10 Å². The van der Waals surface area contributed by atoms with E-state index in [9.17, 15) is 9.90 Å². The van der Waals surface area contributed by atoms with Gasteiger partial charge in [0, 0.05) is 41.7 Å². The molecule has 2 atom stereocenters. The quantitative estimate of drug-likeness (QED) is 0.303. The molecule has 0 saturated carbocycles. The molecule has 2 aromatic carbocycles. The first kappa shape index (κ1) is 25.7. The molecule has 4 N–H and O–H groups in total. The van der Waals surface area contributed by atoms with E-state index in [4.69, 9.17) is 27.1 Å². The molecule has 7 nitrogen and oxygen atoms in total. The zero-order valence-corrected chi connectivity index (χ0v) is 21.4. The first-order valence-electron chi connectivity index (χ1n) is 12.0. The van der Waals surface area contributed by atoms with Crippen molar-refractivity contribution in [2.24, 2.45) is 5.73 Å². The first-order valence-corrected chi connectivity index (χ1v) is 12.3. The topological polar surface area (TPSA) is 102 Å². The van der Waals surface area contributed by atoms with Gasteiger partial charge in [0.25, 0.3) is 5.91 Å². The fourth-order valence-electron chi connectivity index (χ4n) is 4.05. The van der Waals surface area contributed by atoms with Gasteiger partial charge in [-0.3, -0.25) is 4.79 Å². The van der Waals surface area contributed by atoms with Gasteiger partial charge >= 0.3 is 0 Å². The minimum absolute atomic E-state index is 0.00963. The maximum absolute atomic E-state index is 12.8. The van der Waals surface area contributed by atoms with E-state index in [2.05, 4.69) is 5.32 Å². The molecule has 0 aliphatic rings. The second kappa shape index (κ2) is 11.1. The van der Waals surface area contributed by atoms with Crippen LogP contribution in [0.2, 0.25) is 5.02 Å². The van der Waals surface area contributed by atoms with Crippen molar-refractivity contribution in [3.05, 3.63) is 88.7 Å². The molecule has 2 heterocycles. The highest BCUT2D eigenvalue weighted by molar-refractivity contribution is 6.32. The lowest BCUT2D eigenvalue weighted by Crippen LogP contribution is -2.41. The van der Waals surface area contributed by atoms with Crippen LogP contribution in [0.3, 0.4) is 0 Å². The molecule has 0 aliphatic heterocycles. The zero-order valence-electron chi connectivity index (χ0n) is 20.6. The average molecular weight is 507 g/mol. The van der Waals surface area contributed by atoms with Gasteiger partial charge in [-0.2, -0.15) is 0 Å². The van der Waals surface area contributed by atoms with Gasteiger partial charge in [0.15, 0.2) is 0 Å². The molecule has 8 heteroatoms. The molecular formula is C28H31ClN4O3. The summed E-state index contributed by atoms with van der Waals surface area (Å²) >= 11 is 6.28. The SMILES string of the molecule is CC(C)Oc1ccc(C(=O)N[C@H](CN)Cc2ccc(-c3cn4cccc([C@H](C)O)c4n3)cc2)cc1Cl. The third kappa shape index (κ3) is 5.87. The number of benzene rings is 2. The molecule has 188 valence electrons. The lowest BCUT2D eigenvalue weighted by Gasteiger charge is -2.18. The van der Waals surface area contributed by atoms with Crippen molar-refractivity contribution in [3.8, 4) is 17.0 Å². The van der Waals surface area contributed by atoms with Crippen molar-refractivity contribution in [2.75, 3.05) is 6.54 Å². The van der Waals surface area contributed by atoms with Crippen molar-refractivity contribution in [3.63, 3.8) is 0 Å². The summed E-state index contributed by atoms with van der Waals surface area (Å²) in [6.07, 6.45) is 3.84. The van der Waals surface area contributed by atoms with Crippen LogP contribution < -0.4 is 15.8 Å². The van der Waals surface area contributed by atoms with E-state index >= 15 is 0 Å². The maximum atomic E-state index is 12.8. The highest BCUT2D eigenvalue weighted by Crippen LogP contribution is 2.27. The number of hydrogen-bond acceptors (Lipinski definition) is 5. The standard InChI is InChI=1S/C28H31ClN4O3/c1-17(2)36-26-11-10-21(14-24(26)29)28(35)31-22(15-30)13-19-6-8-20(9-7-19)25-16-33-12-4-5-23(18(3)34)27(33)32-25/h4-12,14,16-18,22,34H,13,15,30H2,1-3H3,(H,31,35)/t18-,22-/m0/s1. The second-order valence-corrected chi connectivity index (χ2v) is 9.52. The fourth-order valence-corrected chi connectivity index (χ4v) is 4.27. The molecule has 0 bridgehead atoms. The number of fused-ring (bicyclic) bond motifs is 1. The Bertz CT molecular complexity index is 1350. The molecule has 36 heavy (non-hydrogen) atoms. The van der Waals surface area contributed by atoms with Crippen LogP contribution in [0.15, 0.2) is 67.0 Å². The van der Waals surface area contributed by atoms with Crippen LogP contribution in [0, 0.1) is 0 Å². The van der Waals surface area contributed by atoms with E-state index in [1.165, 1.54) is 0 Å². The van der Waals surface area contributed by atoms with E-state index in [1.54, 1.807) is 25.1 Å². The number of rotatable bonds is 9. The molecule has 0 saturated heterocycles. The van der Waals surface area contributed by atoms with E-state index in [0.717, 1.165) is 28.0 Å². The van der Waals surface area contributed by atoms with Gasteiger partial charge in [0.1, 0.15) is 11.4 Å². The minimum Gasteiger partial charge on any atom is -0.489 e. The highest BCUT2D eigenvalue weighted by Gasteiger charge is 2.16. The summed E-state index contributed by atoms with van der Waals surface area (Å²) in [5.74, 6) is 0.310.